The van der Waals surface area contributed by atoms with E-state index in [1.165, 1.54) is 5.56 Å². The van der Waals surface area contributed by atoms with Gasteiger partial charge in [0.1, 0.15) is 0 Å². The fraction of sp³-hybridized carbons (Fsp3) is 0.0625. The molecule has 0 aliphatic heterocycles. The van der Waals surface area contributed by atoms with Crippen molar-refractivity contribution in [1.82, 2.24) is 9.55 Å². The molecule has 0 aliphatic carbocycles. The van der Waals surface area contributed by atoms with E-state index in [9.17, 15) is 0 Å². The summed E-state index contributed by atoms with van der Waals surface area (Å²) in [6.07, 6.45) is 3.74. The topological polar surface area (TPSA) is 29.9 Å². The maximum absolute atomic E-state index is 4.38. The molecule has 3 rings (SSSR count). The van der Waals surface area contributed by atoms with Crippen molar-refractivity contribution in [3.8, 4) is 5.69 Å². The Morgan fingerprint density at radius 3 is 2.65 bits per heavy atom. The first-order chi connectivity index (χ1) is 9.72. The van der Waals surface area contributed by atoms with Gasteiger partial charge in [0.05, 0.1) is 0 Å². The Kier molecular flexibility index (Phi) is 3.56. The lowest BCUT2D eigenvalue weighted by Crippen LogP contribution is -2.01. The van der Waals surface area contributed by atoms with Crippen molar-refractivity contribution in [2.75, 3.05) is 5.32 Å². The van der Waals surface area contributed by atoms with Gasteiger partial charge >= 0.3 is 0 Å². The van der Waals surface area contributed by atoms with E-state index in [-0.39, 0.29) is 0 Å². The lowest BCUT2D eigenvalue weighted by molar-refractivity contribution is 1.06. The molecule has 0 fully saturated rings. The molecule has 1 N–H and O–H groups in total. The van der Waals surface area contributed by atoms with Crippen LogP contribution in [0.25, 0.3) is 5.69 Å². The number of aromatic nitrogens is 2. The van der Waals surface area contributed by atoms with Crippen LogP contribution in [0.1, 0.15) is 5.56 Å². The average molecular weight is 328 g/mol. The minimum Gasteiger partial charge on any atom is -0.325 e. The van der Waals surface area contributed by atoms with Crippen LogP contribution in [0, 0.1) is 6.92 Å². The van der Waals surface area contributed by atoms with Crippen LogP contribution in [-0.2, 0) is 0 Å². The Hall–Kier alpha value is -2.07. The minimum absolute atomic E-state index is 0.800. The van der Waals surface area contributed by atoms with Crippen LogP contribution in [0.2, 0.25) is 0 Å². The van der Waals surface area contributed by atoms with Gasteiger partial charge < -0.3 is 5.32 Å². The molecule has 3 aromatic rings. The molecular formula is C16H14BrN3. The van der Waals surface area contributed by atoms with Gasteiger partial charge in [-0.1, -0.05) is 34.1 Å². The predicted octanol–water partition coefficient (Wildman–Crippen LogP) is 4.69. The highest BCUT2D eigenvalue weighted by Crippen LogP contribution is 2.23. The fourth-order valence-electron chi connectivity index (χ4n) is 2.13. The number of imidazole rings is 1. The molecule has 20 heavy (non-hydrogen) atoms. The van der Waals surface area contributed by atoms with Gasteiger partial charge in [-0.15, -0.1) is 0 Å². The second kappa shape index (κ2) is 5.51. The van der Waals surface area contributed by atoms with Crippen molar-refractivity contribution < 1.29 is 0 Å². The summed E-state index contributed by atoms with van der Waals surface area (Å²) in [4.78, 5) is 4.38. The Balaban J connectivity index is 1.94. The van der Waals surface area contributed by atoms with E-state index in [1.54, 1.807) is 6.20 Å². The Labute approximate surface area is 126 Å². The molecule has 0 saturated carbocycles. The number of anilines is 2. The highest BCUT2D eigenvalue weighted by atomic mass is 79.9. The summed E-state index contributed by atoms with van der Waals surface area (Å²) in [5.41, 5.74) is 3.29. The summed E-state index contributed by atoms with van der Waals surface area (Å²) in [6.45, 7) is 2.07. The number of hydrogen-bond acceptors (Lipinski definition) is 2. The molecule has 0 spiro atoms. The number of nitrogens with zero attached hydrogens (tertiary/aromatic N) is 2. The molecule has 0 bridgehead atoms. The van der Waals surface area contributed by atoms with Gasteiger partial charge in [0.2, 0.25) is 5.95 Å². The second-order valence-electron chi connectivity index (χ2n) is 4.60. The van der Waals surface area contributed by atoms with E-state index < -0.39 is 0 Å². The average Bonchev–Trinajstić information content (AvgIpc) is 2.86. The van der Waals surface area contributed by atoms with E-state index in [1.807, 2.05) is 35.0 Å². The minimum atomic E-state index is 0.800. The third-order valence-corrected chi connectivity index (χ3v) is 3.43. The maximum atomic E-state index is 4.38. The van der Waals surface area contributed by atoms with E-state index in [4.69, 9.17) is 0 Å². The first kappa shape index (κ1) is 12.9. The van der Waals surface area contributed by atoms with Gasteiger partial charge in [0.15, 0.2) is 0 Å². The van der Waals surface area contributed by atoms with Crippen LogP contribution in [0.15, 0.2) is 65.4 Å². The predicted molar refractivity (Wildman–Crippen MR) is 85.7 cm³/mol. The van der Waals surface area contributed by atoms with Crippen molar-refractivity contribution in [2.45, 2.75) is 6.92 Å². The molecule has 0 aliphatic rings. The number of hydrogen-bond donors (Lipinski definition) is 1. The van der Waals surface area contributed by atoms with Gasteiger partial charge in [0, 0.05) is 28.2 Å². The van der Waals surface area contributed by atoms with E-state index in [0.717, 1.165) is 21.8 Å². The summed E-state index contributed by atoms with van der Waals surface area (Å²) in [6, 6.07) is 16.4. The van der Waals surface area contributed by atoms with Crippen LogP contribution in [0.4, 0.5) is 11.6 Å². The first-order valence-corrected chi connectivity index (χ1v) is 7.15. The second-order valence-corrected chi connectivity index (χ2v) is 5.51. The van der Waals surface area contributed by atoms with Crippen LogP contribution < -0.4 is 5.32 Å². The first-order valence-electron chi connectivity index (χ1n) is 6.35. The third kappa shape index (κ3) is 2.75. The number of aryl methyl sites for hydroxylation is 1. The fourth-order valence-corrected chi connectivity index (χ4v) is 2.74. The standard InChI is InChI=1S/C16H14BrN3/c1-12-9-13(17)11-14(10-12)19-16-18-7-8-20(16)15-5-3-2-4-6-15/h2-11H,1H3,(H,18,19). The molecule has 0 atom stereocenters. The van der Waals surface area contributed by atoms with Gasteiger partial charge in [0.25, 0.3) is 0 Å². The van der Waals surface area contributed by atoms with E-state index >= 15 is 0 Å². The molecule has 2 aromatic carbocycles. The molecular weight excluding hydrogens is 314 g/mol. The molecule has 4 heteroatoms. The lowest BCUT2D eigenvalue weighted by atomic mass is 10.2. The number of halogens is 1. The largest absolute Gasteiger partial charge is 0.325 e. The van der Waals surface area contributed by atoms with Crippen molar-refractivity contribution in [1.29, 1.82) is 0 Å². The third-order valence-electron chi connectivity index (χ3n) is 2.97. The molecule has 1 aromatic heterocycles. The number of benzene rings is 2. The van der Waals surface area contributed by atoms with Crippen molar-refractivity contribution in [3.63, 3.8) is 0 Å². The zero-order chi connectivity index (χ0) is 13.9. The van der Waals surface area contributed by atoms with Crippen molar-refractivity contribution in [3.05, 3.63) is 71.0 Å². The molecule has 1 heterocycles. The van der Waals surface area contributed by atoms with Crippen LogP contribution in [-0.4, -0.2) is 9.55 Å². The molecule has 0 radical (unpaired) electrons. The summed E-state index contributed by atoms with van der Waals surface area (Å²) in [5.74, 6) is 0.800. The molecule has 0 amide bonds. The zero-order valence-electron chi connectivity index (χ0n) is 11.0. The molecule has 0 saturated heterocycles. The van der Waals surface area contributed by atoms with Gasteiger partial charge in [-0.3, -0.25) is 4.57 Å². The Morgan fingerprint density at radius 1 is 1.10 bits per heavy atom. The van der Waals surface area contributed by atoms with Crippen molar-refractivity contribution >= 4 is 27.6 Å². The van der Waals surface area contributed by atoms with Gasteiger partial charge in [-0.25, -0.2) is 4.98 Å². The van der Waals surface area contributed by atoms with E-state index in [0.29, 0.717) is 0 Å². The van der Waals surface area contributed by atoms with Crippen molar-refractivity contribution in [2.24, 2.45) is 0 Å². The SMILES string of the molecule is Cc1cc(Br)cc(Nc2nccn2-c2ccccc2)c1. The lowest BCUT2D eigenvalue weighted by Gasteiger charge is -2.10. The maximum Gasteiger partial charge on any atom is 0.212 e. The summed E-state index contributed by atoms with van der Waals surface area (Å²) >= 11 is 3.51. The normalized spacial score (nSPS) is 10.5. The molecule has 100 valence electrons. The number of para-hydroxylation sites is 1. The number of nitrogens with one attached hydrogen (secondary N) is 1. The van der Waals surface area contributed by atoms with Crippen LogP contribution >= 0.6 is 15.9 Å². The molecule has 3 nitrogen and oxygen atoms in total. The number of rotatable bonds is 3. The zero-order valence-corrected chi connectivity index (χ0v) is 12.6. The van der Waals surface area contributed by atoms with Gasteiger partial charge in [-0.2, -0.15) is 0 Å². The smallest absolute Gasteiger partial charge is 0.212 e. The quantitative estimate of drug-likeness (QED) is 0.756. The van der Waals surface area contributed by atoms with Gasteiger partial charge in [-0.05, 0) is 42.8 Å². The summed E-state index contributed by atoms with van der Waals surface area (Å²) in [5, 5.41) is 3.35. The Morgan fingerprint density at radius 2 is 1.90 bits per heavy atom. The van der Waals surface area contributed by atoms with Crippen LogP contribution in [0.5, 0.6) is 0 Å². The summed E-state index contributed by atoms with van der Waals surface area (Å²) in [7, 11) is 0. The monoisotopic (exact) mass is 327 g/mol. The Bertz CT molecular complexity index is 699. The highest BCUT2D eigenvalue weighted by molar-refractivity contribution is 9.10. The van der Waals surface area contributed by atoms with Crippen LogP contribution in [0.3, 0.4) is 0 Å². The summed E-state index contributed by atoms with van der Waals surface area (Å²) < 4.78 is 3.08. The van der Waals surface area contributed by atoms with E-state index in [2.05, 4.69) is 57.4 Å². The molecule has 0 unspecified atom stereocenters. The highest BCUT2D eigenvalue weighted by Gasteiger charge is 2.05.